The molecule has 0 fully saturated rings. The molecule has 1 heteroatoms. The predicted octanol–water partition coefficient (Wildman–Crippen LogP) is 6.60. The molecule has 1 heterocycles. The van der Waals surface area contributed by atoms with Crippen LogP contribution in [0, 0.1) is 0 Å². The summed E-state index contributed by atoms with van der Waals surface area (Å²) < 4.78 is 0. The summed E-state index contributed by atoms with van der Waals surface area (Å²) in [6.07, 6.45) is 0. The molecule has 1 nitrogen and oxygen atoms in total. The molecule has 0 bridgehead atoms. The van der Waals surface area contributed by atoms with E-state index in [1.807, 2.05) is 18.2 Å². The Morgan fingerprint density at radius 1 is 0.615 bits per heavy atom. The smallest absolute Gasteiger partial charge is 0.0710 e. The number of hydrogen-bond acceptors (Lipinski definition) is 1. The van der Waals surface area contributed by atoms with Gasteiger partial charge in [-0.1, -0.05) is 73.3 Å². The maximum absolute atomic E-state index is 4.82. The fourth-order valence-corrected chi connectivity index (χ4v) is 3.60. The highest BCUT2D eigenvalue weighted by Crippen LogP contribution is 2.31. The van der Waals surface area contributed by atoms with Crippen LogP contribution in [-0.2, 0) is 0 Å². The number of benzene rings is 4. The Balaban J connectivity index is 1.71. The normalized spacial score (nSPS) is 11.2. The third kappa shape index (κ3) is 2.37. The summed E-state index contributed by atoms with van der Waals surface area (Å²) in [5.41, 5.74) is 4.01. The molecule has 0 spiro atoms. The largest absolute Gasteiger partial charge is 0.248 e. The van der Waals surface area contributed by atoms with Crippen LogP contribution in [0.3, 0.4) is 0 Å². The van der Waals surface area contributed by atoms with Gasteiger partial charge in [0.15, 0.2) is 0 Å². The summed E-state index contributed by atoms with van der Waals surface area (Å²) in [5.74, 6) is 0. The van der Waals surface area contributed by atoms with Gasteiger partial charge < -0.3 is 0 Å². The summed E-state index contributed by atoms with van der Waals surface area (Å²) in [5, 5.41) is 6.08. The topological polar surface area (TPSA) is 12.9 Å². The van der Waals surface area contributed by atoms with Crippen LogP contribution in [0.5, 0.6) is 0 Å². The van der Waals surface area contributed by atoms with E-state index in [2.05, 4.69) is 79.4 Å². The highest BCUT2D eigenvalue weighted by atomic mass is 14.7. The number of aromatic nitrogens is 1. The van der Waals surface area contributed by atoms with E-state index in [1.54, 1.807) is 0 Å². The van der Waals surface area contributed by atoms with Crippen molar-refractivity contribution in [3.63, 3.8) is 0 Å². The quantitative estimate of drug-likeness (QED) is 0.332. The maximum atomic E-state index is 4.82. The second-order valence-electron chi connectivity index (χ2n) is 6.59. The first kappa shape index (κ1) is 14.9. The molecule has 0 aliphatic carbocycles. The molecule has 0 saturated carbocycles. The molecule has 0 aliphatic rings. The van der Waals surface area contributed by atoms with Gasteiger partial charge >= 0.3 is 0 Å². The van der Waals surface area contributed by atoms with Crippen molar-refractivity contribution in [3.05, 3.63) is 109 Å². The maximum Gasteiger partial charge on any atom is 0.0710 e. The van der Waals surface area contributed by atoms with Gasteiger partial charge in [-0.25, -0.2) is 4.98 Å². The van der Waals surface area contributed by atoms with Gasteiger partial charge in [-0.3, -0.25) is 0 Å². The lowest BCUT2D eigenvalue weighted by Gasteiger charge is -2.11. The van der Waals surface area contributed by atoms with Gasteiger partial charge in [-0.05, 0) is 51.4 Å². The minimum absolute atomic E-state index is 0.921. The second-order valence-corrected chi connectivity index (χ2v) is 6.59. The van der Waals surface area contributed by atoms with Gasteiger partial charge in [0.05, 0.1) is 11.2 Å². The van der Waals surface area contributed by atoms with Crippen LogP contribution >= 0.6 is 0 Å². The van der Waals surface area contributed by atoms with Crippen LogP contribution < -0.4 is 0 Å². The third-order valence-corrected chi connectivity index (χ3v) is 4.98. The number of pyridine rings is 1. The lowest BCUT2D eigenvalue weighted by Crippen LogP contribution is -1.92. The number of rotatable bonds is 2. The zero-order valence-electron chi connectivity index (χ0n) is 14.3. The Labute approximate surface area is 152 Å². The molecular formula is C25H17N. The predicted molar refractivity (Wildman–Crippen MR) is 111 cm³/mol. The van der Waals surface area contributed by atoms with Crippen molar-refractivity contribution in [1.82, 2.24) is 4.98 Å². The van der Waals surface area contributed by atoms with E-state index in [4.69, 9.17) is 4.98 Å². The highest BCUT2D eigenvalue weighted by Gasteiger charge is 2.10. The number of hydrogen-bond donors (Lipinski definition) is 0. The zero-order valence-corrected chi connectivity index (χ0v) is 14.3. The first-order chi connectivity index (χ1) is 12.8. The minimum atomic E-state index is 0.921. The number of para-hydroxylation sites is 1. The molecule has 4 aromatic carbocycles. The Kier molecular flexibility index (Phi) is 3.32. The van der Waals surface area contributed by atoms with Crippen molar-refractivity contribution >= 4 is 38.0 Å². The van der Waals surface area contributed by atoms with Crippen molar-refractivity contribution in [2.24, 2.45) is 0 Å². The fraction of sp³-hybridized carbons (Fsp3) is 0. The molecule has 0 radical (unpaired) electrons. The molecule has 0 N–H and O–H groups in total. The molecule has 0 atom stereocenters. The van der Waals surface area contributed by atoms with Gasteiger partial charge in [0.2, 0.25) is 0 Å². The summed E-state index contributed by atoms with van der Waals surface area (Å²) >= 11 is 0. The molecule has 0 saturated heterocycles. The molecule has 122 valence electrons. The molecule has 0 unspecified atom stereocenters. The van der Waals surface area contributed by atoms with Crippen LogP contribution in [0.4, 0.5) is 0 Å². The lowest BCUT2D eigenvalue weighted by molar-refractivity contribution is 1.35. The van der Waals surface area contributed by atoms with Crippen molar-refractivity contribution < 1.29 is 0 Å². The molecule has 1 aromatic heterocycles. The molecule has 26 heavy (non-hydrogen) atoms. The monoisotopic (exact) mass is 331 g/mol. The van der Waals surface area contributed by atoms with Gasteiger partial charge in [-0.15, -0.1) is 0 Å². The Bertz CT molecular complexity index is 1300. The van der Waals surface area contributed by atoms with Crippen LogP contribution in [0.25, 0.3) is 38.0 Å². The molecule has 5 aromatic rings. The summed E-state index contributed by atoms with van der Waals surface area (Å²) in [6.45, 7) is 4.37. The Morgan fingerprint density at radius 2 is 1.31 bits per heavy atom. The molecule has 0 aliphatic heterocycles. The molecular weight excluding hydrogens is 314 g/mol. The average Bonchev–Trinajstić information content (AvgIpc) is 2.71. The summed E-state index contributed by atoms with van der Waals surface area (Å²) in [4.78, 5) is 4.82. The van der Waals surface area contributed by atoms with Crippen LogP contribution in [0.2, 0.25) is 0 Å². The van der Waals surface area contributed by atoms with Crippen molar-refractivity contribution in [3.8, 4) is 0 Å². The first-order valence-corrected chi connectivity index (χ1v) is 8.76. The standard InChI is InChI=1S/C25H17N/c1-17(24-14-13-18-7-4-5-12-25(18)26-24)22-11-6-10-21-15-19-8-2-3-9-20(19)16-23(21)22/h2-16H,1H2. The van der Waals surface area contributed by atoms with Crippen molar-refractivity contribution in [2.45, 2.75) is 0 Å². The minimum Gasteiger partial charge on any atom is -0.248 e. The number of nitrogens with zero attached hydrogens (tertiary/aromatic N) is 1. The zero-order chi connectivity index (χ0) is 17.5. The van der Waals surface area contributed by atoms with E-state index in [9.17, 15) is 0 Å². The summed E-state index contributed by atoms with van der Waals surface area (Å²) in [7, 11) is 0. The SMILES string of the molecule is C=C(c1ccc2ccccc2n1)c1cccc2cc3ccccc3cc12. The fourth-order valence-electron chi connectivity index (χ4n) is 3.60. The van der Waals surface area contributed by atoms with Gasteiger partial charge in [0, 0.05) is 11.0 Å². The van der Waals surface area contributed by atoms with Crippen molar-refractivity contribution in [1.29, 1.82) is 0 Å². The third-order valence-electron chi connectivity index (χ3n) is 4.98. The van der Waals surface area contributed by atoms with Crippen LogP contribution in [0.1, 0.15) is 11.3 Å². The molecule has 0 amide bonds. The average molecular weight is 331 g/mol. The van der Waals surface area contributed by atoms with Crippen LogP contribution in [0.15, 0.2) is 97.6 Å². The number of fused-ring (bicyclic) bond motifs is 3. The van der Waals surface area contributed by atoms with E-state index in [-0.39, 0.29) is 0 Å². The van der Waals surface area contributed by atoms with E-state index < -0.39 is 0 Å². The van der Waals surface area contributed by atoms with E-state index in [0.717, 1.165) is 27.7 Å². The van der Waals surface area contributed by atoms with Gasteiger partial charge in [0.1, 0.15) is 0 Å². The van der Waals surface area contributed by atoms with Gasteiger partial charge in [-0.2, -0.15) is 0 Å². The highest BCUT2D eigenvalue weighted by molar-refractivity contribution is 6.04. The van der Waals surface area contributed by atoms with E-state index in [0.29, 0.717) is 0 Å². The Hall–Kier alpha value is -3.45. The first-order valence-electron chi connectivity index (χ1n) is 8.76. The second kappa shape index (κ2) is 5.82. The lowest BCUT2D eigenvalue weighted by atomic mass is 9.94. The van der Waals surface area contributed by atoms with E-state index >= 15 is 0 Å². The van der Waals surface area contributed by atoms with E-state index in [1.165, 1.54) is 21.5 Å². The van der Waals surface area contributed by atoms with Gasteiger partial charge in [0.25, 0.3) is 0 Å². The van der Waals surface area contributed by atoms with Crippen LogP contribution in [-0.4, -0.2) is 4.98 Å². The summed E-state index contributed by atoms with van der Waals surface area (Å²) in [6, 6.07) is 31.7. The van der Waals surface area contributed by atoms with Crippen molar-refractivity contribution in [2.75, 3.05) is 0 Å². The Morgan fingerprint density at radius 3 is 2.15 bits per heavy atom. The molecule has 5 rings (SSSR count).